The van der Waals surface area contributed by atoms with Crippen molar-refractivity contribution in [2.75, 3.05) is 12.4 Å². The first kappa shape index (κ1) is 20.5. The van der Waals surface area contributed by atoms with Gasteiger partial charge in [-0.1, -0.05) is 30.3 Å². The number of amides is 1. The molecular weight excluding hydrogens is 395 g/mol. The van der Waals surface area contributed by atoms with Crippen molar-refractivity contribution in [1.82, 2.24) is 14.8 Å². The number of benzene rings is 2. The molecule has 0 fully saturated rings. The van der Waals surface area contributed by atoms with Crippen molar-refractivity contribution in [2.45, 2.75) is 26.8 Å². The number of nitrogens with one attached hydrogen (secondary N) is 1. The number of pyridine rings is 1. The molecule has 0 unspecified atom stereocenters. The maximum atomic E-state index is 13.2. The van der Waals surface area contributed by atoms with E-state index in [9.17, 15) is 9.18 Å². The molecule has 0 aliphatic rings. The van der Waals surface area contributed by atoms with E-state index >= 15 is 0 Å². The first-order chi connectivity index (χ1) is 15.0. The van der Waals surface area contributed by atoms with Crippen molar-refractivity contribution in [3.05, 3.63) is 82.9 Å². The normalized spacial score (nSPS) is 11.0. The highest BCUT2D eigenvalue weighted by Gasteiger charge is 2.18. The Kier molecular flexibility index (Phi) is 5.66. The van der Waals surface area contributed by atoms with E-state index < -0.39 is 0 Å². The minimum atomic E-state index is -0.250. The quantitative estimate of drug-likeness (QED) is 0.493. The predicted octanol–water partition coefficient (Wildman–Crippen LogP) is 4.69. The number of methoxy groups -OCH3 is 1. The molecule has 0 radical (unpaired) electrons. The number of rotatable bonds is 6. The average molecular weight is 418 g/mol. The highest BCUT2D eigenvalue weighted by molar-refractivity contribution is 6.12. The number of aromatic nitrogens is 3. The Morgan fingerprint density at radius 1 is 1.13 bits per heavy atom. The second-order valence-corrected chi connectivity index (χ2v) is 7.33. The molecule has 0 aliphatic carbocycles. The van der Waals surface area contributed by atoms with Gasteiger partial charge in [-0.3, -0.25) is 9.48 Å². The lowest BCUT2D eigenvalue weighted by atomic mass is 10.1. The van der Waals surface area contributed by atoms with Gasteiger partial charge in [0.1, 0.15) is 5.82 Å². The lowest BCUT2D eigenvalue weighted by Crippen LogP contribution is -2.14. The van der Waals surface area contributed by atoms with E-state index in [-0.39, 0.29) is 11.7 Å². The Morgan fingerprint density at radius 3 is 2.61 bits per heavy atom. The van der Waals surface area contributed by atoms with Crippen molar-refractivity contribution in [2.24, 2.45) is 0 Å². The van der Waals surface area contributed by atoms with Crippen LogP contribution in [0.15, 0.2) is 54.6 Å². The summed E-state index contributed by atoms with van der Waals surface area (Å²) in [6.45, 7) is 4.41. The summed E-state index contributed by atoms with van der Waals surface area (Å²) in [4.78, 5) is 17.6. The van der Waals surface area contributed by atoms with Crippen LogP contribution in [0.3, 0.4) is 0 Å². The van der Waals surface area contributed by atoms with Gasteiger partial charge in [0.15, 0.2) is 0 Å². The molecule has 0 atom stereocenters. The molecule has 7 heteroatoms. The number of carbonyl (C=O) groups is 1. The van der Waals surface area contributed by atoms with E-state index in [0.717, 1.165) is 22.3 Å². The summed E-state index contributed by atoms with van der Waals surface area (Å²) in [6.07, 6.45) is 0.710. The molecule has 2 heterocycles. The second-order valence-electron chi connectivity index (χ2n) is 7.33. The summed E-state index contributed by atoms with van der Waals surface area (Å²) in [5, 5.41) is 8.34. The third kappa shape index (κ3) is 4.26. The molecule has 158 valence electrons. The standard InChI is InChI=1S/C24H23FN4O2/c1-15-23(16(2)29(28-15)13-12-17-8-10-18(25)11-9-17)27-24(30)20-14-22(31-3)26-21-7-5-4-6-19(20)21/h4-11,14H,12-13H2,1-3H3,(H,27,30). The van der Waals surface area contributed by atoms with Crippen LogP contribution in [-0.4, -0.2) is 27.8 Å². The van der Waals surface area contributed by atoms with Crippen LogP contribution < -0.4 is 10.1 Å². The summed E-state index contributed by atoms with van der Waals surface area (Å²) in [6, 6.07) is 15.5. The Hall–Kier alpha value is -3.74. The number of anilines is 1. The molecular formula is C24H23FN4O2. The zero-order chi connectivity index (χ0) is 22.0. The highest BCUT2D eigenvalue weighted by atomic mass is 19.1. The number of halogens is 1. The SMILES string of the molecule is COc1cc(C(=O)Nc2c(C)nn(CCc3ccc(F)cc3)c2C)c2ccccc2n1. The average Bonchev–Trinajstić information content (AvgIpc) is 3.05. The van der Waals surface area contributed by atoms with Crippen molar-refractivity contribution in [3.8, 4) is 5.88 Å². The smallest absolute Gasteiger partial charge is 0.256 e. The van der Waals surface area contributed by atoms with Gasteiger partial charge in [0.05, 0.1) is 35.3 Å². The summed E-state index contributed by atoms with van der Waals surface area (Å²) in [5.41, 5.74) is 4.48. The van der Waals surface area contributed by atoms with Crippen LogP contribution in [0.1, 0.15) is 27.3 Å². The summed E-state index contributed by atoms with van der Waals surface area (Å²) < 4.78 is 20.2. The maximum absolute atomic E-state index is 13.2. The molecule has 4 rings (SSSR count). The first-order valence-electron chi connectivity index (χ1n) is 10.00. The van der Waals surface area contributed by atoms with Crippen LogP contribution in [-0.2, 0) is 13.0 Å². The molecule has 0 saturated heterocycles. The highest BCUT2D eigenvalue weighted by Crippen LogP contribution is 2.25. The van der Waals surface area contributed by atoms with E-state index in [2.05, 4.69) is 15.4 Å². The van der Waals surface area contributed by atoms with Crippen molar-refractivity contribution in [1.29, 1.82) is 0 Å². The number of hydrogen-bond acceptors (Lipinski definition) is 4. The number of aryl methyl sites for hydroxylation is 3. The fourth-order valence-corrected chi connectivity index (χ4v) is 3.61. The van der Waals surface area contributed by atoms with Gasteiger partial charge in [-0.25, -0.2) is 9.37 Å². The molecule has 0 bridgehead atoms. The van der Waals surface area contributed by atoms with Crippen LogP contribution in [0.2, 0.25) is 0 Å². The Labute approximate surface area is 179 Å². The van der Waals surface area contributed by atoms with Gasteiger partial charge in [-0.05, 0) is 44.0 Å². The zero-order valence-electron chi connectivity index (χ0n) is 17.6. The molecule has 0 spiro atoms. The minimum Gasteiger partial charge on any atom is -0.481 e. The van der Waals surface area contributed by atoms with Crippen molar-refractivity contribution in [3.63, 3.8) is 0 Å². The van der Waals surface area contributed by atoms with E-state index in [4.69, 9.17) is 4.74 Å². The minimum absolute atomic E-state index is 0.249. The lowest BCUT2D eigenvalue weighted by molar-refractivity contribution is 0.102. The van der Waals surface area contributed by atoms with Crippen molar-refractivity contribution >= 4 is 22.5 Å². The molecule has 1 amide bonds. The molecule has 2 aromatic heterocycles. The number of hydrogen-bond donors (Lipinski definition) is 1. The molecule has 6 nitrogen and oxygen atoms in total. The van der Waals surface area contributed by atoms with Crippen LogP contribution in [0.5, 0.6) is 5.88 Å². The molecule has 31 heavy (non-hydrogen) atoms. The Morgan fingerprint density at radius 2 is 1.87 bits per heavy atom. The van der Waals surface area contributed by atoms with Gasteiger partial charge in [-0.2, -0.15) is 5.10 Å². The van der Waals surface area contributed by atoms with Crippen LogP contribution in [0.4, 0.5) is 10.1 Å². The fourth-order valence-electron chi connectivity index (χ4n) is 3.61. The van der Waals surface area contributed by atoms with E-state index in [0.29, 0.717) is 35.6 Å². The molecule has 0 saturated carbocycles. The molecule has 0 aliphatic heterocycles. The largest absolute Gasteiger partial charge is 0.481 e. The topological polar surface area (TPSA) is 69.0 Å². The van der Waals surface area contributed by atoms with E-state index in [1.54, 1.807) is 18.2 Å². The maximum Gasteiger partial charge on any atom is 0.256 e. The van der Waals surface area contributed by atoms with E-state index in [1.807, 2.05) is 42.8 Å². The van der Waals surface area contributed by atoms with Gasteiger partial charge < -0.3 is 10.1 Å². The Balaban J connectivity index is 1.58. The molecule has 4 aromatic rings. The number of fused-ring (bicyclic) bond motifs is 1. The van der Waals surface area contributed by atoms with Gasteiger partial charge in [0, 0.05) is 18.0 Å². The summed E-state index contributed by atoms with van der Waals surface area (Å²) in [5.74, 6) is -0.117. The number of carbonyl (C=O) groups excluding carboxylic acids is 1. The van der Waals surface area contributed by atoms with Crippen LogP contribution >= 0.6 is 0 Å². The molecule has 2 aromatic carbocycles. The van der Waals surface area contributed by atoms with Crippen molar-refractivity contribution < 1.29 is 13.9 Å². The number of ether oxygens (including phenoxy) is 1. The lowest BCUT2D eigenvalue weighted by Gasteiger charge is -2.10. The van der Waals surface area contributed by atoms with Crippen LogP contribution in [0, 0.1) is 19.7 Å². The number of para-hydroxylation sites is 1. The number of nitrogens with zero attached hydrogens (tertiary/aromatic N) is 3. The van der Waals surface area contributed by atoms with Gasteiger partial charge >= 0.3 is 0 Å². The Bertz CT molecular complexity index is 1250. The third-order valence-electron chi connectivity index (χ3n) is 5.29. The monoisotopic (exact) mass is 418 g/mol. The summed E-state index contributed by atoms with van der Waals surface area (Å²) >= 11 is 0. The third-order valence-corrected chi connectivity index (χ3v) is 5.29. The van der Waals surface area contributed by atoms with Gasteiger partial charge in [-0.15, -0.1) is 0 Å². The van der Waals surface area contributed by atoms with Crippen LogP contribution in [0.25, 0.3) is 10.9 Å². The predicted molar refractivity (Wildman–Crippen MR) is 118 cm³/mol. The first-order valence-corrected chi connectivity index (χ1v) is 10.00. The van der Waals surface area contributed by atoms with Gasteiger partial charge in [0.2, 0.25) is 5.88 Å². The fraction of sp³-hybridized carbons (Fsp3) is 0.208. The molecule has 1 N–H and O–H groups in total. The van der Waals surface area contributed by atoms with Gasteiger partial charge in [0.25, 0.3) is 5.91 Å². The summed E-state index contributed by atoms with van der Waals surface area (Å²) in [7, 11) is 1.53. The second kappa shape index (κ2) is 8.55. The van der Waals surface area contributed by atoms with E-state index in [1.165, 1.54) is 19.2 Å². The zero-order valence-corrected chi connectivity index (χ0v) is 17.6.